The zero-order valence-corrected chi connectivity index (χ0v) is 16.1. The minimum absolute atomic E-state index is 0.702. The average Bonchev–Trinajstić information content (AvgIpc) is 2.96. The van der Waals surface area contributed by atoms with Gasteiger partial charge in [-0.15, -0.1) is 9.50 Å². The lowest BCUT2D eigenvalue weighted by Gasteiger charge is -2.01. The molecule has 0 saturated heterocycles. The Kier molecular flexibility index (Phi) is 4.06. The van der Waals surface area contributed by atoms with Crippen LogP contribution in [0.1, 0.15) is 11.4 Å². The van der Waals surface area contributed by atoms with Crippen LogP contribution >= 0.6 is 27.5 Å². The maximum atomic E-state index is 6.03. The van der Waals surface area contributed by atoms with Crippen LogP contribution in [-0.4, -0.2) is 14.9 Å². The van der Waals surface area contributed by atoms with E-state index in [0.717, 1.165) is 38.5 Å². The molecule has 0 N–H and O–H groups in total. The smallest absolute Gasteiger partial charge is 0.123 e. The number of rotatable bonds is 2. The number of hydrogen-bond donors (Lipinski definition) is 0. The molecular weight excluding hydrogens is 400 g/mol. The van der Waals surface area contributed by atoms with Gasteiger partial charge in [-0.05, 0) is 67.5 Å². The first-order valence-electron chi connectivity index (χ1n) is 7.84. The first kappa shape index (κ1) is 16.2. The summed E-state index contributed by atoms with van der Waals surface area (Å²) in [6.45, 7) is 4.06. The van der Waals surface area contributed by atoms with Crippen LogP contribution in [0.3, 0.4) is 0 Å². The molecule has 0 bridgehead atoms. The maximum absolute atomic E-state index is 6.03. The molecule has 0 aliphatic carbocycles. The second-order valence-corrected chi connectivity index (χ2v) is 7.25. The second kappa shape index (κ2) is 6.24. The summed E-state index contributed by atoms with van der Waals surface area (Å²) in [6.07, 6.45) is 0. The Balaban J connectivity index is 2.04. The highest BCUT2D eigenvalue weighted by Gasteiger charge is 2.25. The van der Waals surface area contributed by atoms with Gasteiger partial charge >= 0.3 is 5.65 Å². The van der Waals surface area contributed by atoms with Crippen molar-refractivity contribution < 1.29 is 4.52 Å². The summed E-state index contributed by atoms with van der Waals surface area (Å²) in [5, 5.41) is 5.55. The van der Waals surface area contributed by atoms with Crippen LogP contribution in [0.25, 0.3) is 22.6 Å². The van der Waals surface area contributed by atoms with Gasteiger partial charge in [0, 0.05) is 21.1 Å². The largest absolute Gasteiger partial charge is 0.331 e. The Morgan fingerprint density at radius 3 is 2.36 bits per heavy atom. The van der Waals surface area contributed by atoms with Gasteiger partial charge in [-0.2, -0.15) is 0 Å². The van der Waals surface area contributed by atoms with E-state index in [0.29, 0.717) is 5.02 Å². The van der Waals surface area contributed by atoms with E-state index in [4.69, 9.17) is 21.7 Å². The van der Waals surface area contributed by atoms with Crippen molar-refractivity contribution in [3.8, 4) is 16.9 Å². The van der Waals surface area contributed by atoms with Crippen LogP contribution in [0.4, 0.5) is 0 Å². The molecule has 0 fully saturated rings. The van der Waals surface area contributed by atoms with E-state index in [1.165, 1.54) is 0 Å². The Morgan fingerprint density at radius 2 is 1.68 bits per heavy atom. The normalized spacial score (nSPS) is 11.2. The number of aromatic nitrogens is 4. The van der Waals surface area contributed by atoms with E-state index in [2.05, 4.69) is 28.9 Å². The molecular formula is C19H15BrClN4+. The van der Waals surface area contributed by atoms with Crippen LogP contribution in [0.15, 0.2) is 59.1 Å². The summed E-state index contributed by atoms with van der Waals surface area (Å²) in [5.74, 6) is 0. The fourth-order valence-electron chi connectivity index (χ4n) is 2.90. The number of halogens is 2. The van der Waals surface area contributed by atoms with Crippen molar-refractivity contribution in [2.75, 3.05) is 0 Å². The maximum Gasteiger partial charge on any atom is 0.331 e. The lowest BCUT2D eigenvalue weighted by Crippen LogP contribution is -2.36. The van der Waals surface area contributed by atoms with Gasteiger partial charge in [0.2, 0.25) is 5.69 Å². The minimum Gasteiger partial charge on any atom is -0.123 e. The number of nitrogens with zero attached hydrogens (tertiary/aromatic N) is 4. The first-order chi connectivity index (χ1) is 12.0. The summed E-state index contributed by atoms with van der Waals surface area (Å²) in [7, 11) is 0. The van der Waals surface area contributed by atoms with Crippen molar-refractivity contribution in [1.82, 2.24) is 14.9 Å². The number of aryl methyl sites for hydroxylation is 2. The van der Waals surface area contributed by atoms with E-state index in [1.807, 2.05) is 64.8 Å². The first-order valence-corrected chi connectivity index (χ1v) is 9.01. The highest BCUT2D eigenvalue weighted by Crippen LogP contribution is 2.23. The molecule has 0 unspecified atom stereocenters. The molecule has 4 rings (SSSR count). The zero-order valence-electron chi connectivity index (χ0n) is 13.7. The van der Waals surface area contributed by atoms with Gasteiger partial charge < -0.3 is 0 Å². The topological polar surface area (TPSA) is 34.8 Å². The molecule has 4 nitrogen and oxygen atoms in total. The fourth-order valence-corrected chi connectivity index (χ4v) is 3.29. The summed E-state index contributed by atoms with van der Waals surface area (Å²) in [6, 6.07) is 17.8. The molecule has 4 aromatic rings. The molecule has 0 spiro atoms. The number of fused-ring (bicyclic) bond motifs is 1. The van der Waals surface area contributed by atoms with Crippen LogP contribution in [-0.2, 0) is 0 Å². The van der Waals surface area contributed by atoms with Crippen LogP contribution in [0.5, 0.6) is 0 Å². The fraction of sp³-hybridized carbons (Fsp3) is 0.105. The Labute approximate surface area is 158 Å². The molecule has 2 heterocycles. The standard InChI is InChI=1S/C19H15BrClN4/c1-12-11-13(2)24-19(22-12)18(14-3-7-16(21)8-4-14)23-25(24)17-9-5-15(20)6-10-17/h3-11H,1-2H3/q+1. The van der Waals surface area contributed by atoms with Crippen molar-refractivity contribution in [2.45, 2.75) is 13.8 Å². The summed E-state index contributed by atoms with van der Waals surface area (Å²) in [5.41, 5.74) is 5.62. The van der Waals surface area contributed by atoms with Crippen LogP contribution < -0.4 is 4.52 Å². The van der Waals surface area contributed by atoms with E-state index in [9.17, 15) is 0 Å². The SMILES string of the molecule is Cc1cc(C)[n+]2c(n1)c(-c1ccc(Cl)cc1)nn2-c1ccc(Br)cc1. The highest BCUT2D eigenvalue weighted by molar-refractivity contribution is 9.10. The predicted octanol–water partition coefficient (Wildman–Crippen LogP) is 4.71. The molecule has 0 saturated carbocycles. The summed E-state index contributed by atoms with van der Waals surface area (Å²) in [4.78, 5) is 6.62. The van der Waals surface area contributed by atoms with Crippen molar-refractivity contribution in [3.63, 3.8) is 0 Å². The number of hydrogen-bond acceptors (Lipinski definition) is 2. The van der Waals surface area contributed by atoms with Crippen molar-refractivity contribution in [3.05, 3.63) is 75.5 Å². The molecule has 124 valence electrons. The number of benzene rings is 2. The van der Waals surface area contributed by atoms with Crippen molar-refractivity contribution >= 4 is 33.2 Å². The lowest BCUT2D eigenvalue weighted by molar-refractivity contribution is -0.612. The van der Waals surface area contributed by atoms with E-state index in [-0.39, 0.29) is 0 Å². The van der Waals surface area contributed by atoms with Gasteiger partial charge in [0.1, 0.15) is 17.1 Å². The Morgan fingerprint density at radius 1 is 1.00 bits per heavy atom. The van der Waals surface area contributed by atoms with Crippen molar-refractivity contribution in [2.24, 2.45) is 0 Å². The van der Waals surface area contributed by atoms with Crippen LogP contribution in [0.2, 0.25) is 5.02 Å². The van der Waals surface area contributed by atoms with E-state index >= 15 is 0 Å². The lowest BCUT2D eigenvalue weighted by atomic mass is 10.1. The minimum atomic E-state index is 0.702. The molecule has 25 heavy (non-hydrogen) atoms. The van der Waals surface area contributed by atoms with Crippen LogP contribution in [0, 0.1) is 13.8 Å². The molecule has 0 atom stereocenters. The van der Waals surface area contributed by atoms with E-state index in [1.54, 1.807) is 0 Å². The molecule has 2 aromatic carbocycles. The highest BCUT2D eigenvalue weighted by atomic mass is 79.9. The van der Waals surface area contributed by atoms with Crippen molar-refractivity contribution in [1.29, 1.82) is 0 Å². The van der Waals surface area contributed by atoms with Gasteiger partial charge in [0.25, 0.3) is 0 Å². The second-order valence-electron chi connectivity index (χ2n) is 5.90. The molecule has 0 aliphatic rings. The monoisotopic (exact) mass is 413 g/mol. The molecule has 6 heteroatoms. The van der Waals surface area contributed by atoms with Gasteiger partial charge in [-0.3, -0.25) is 0 Å². The Bertz CT molecular complexity index is 1070. The molecule has 0 amide bonds. The third-order valence-electron chi connectivity index (χ3n) is 4.01. The molecule has 2 aromatic heterocycles. The van der Waals surface area contributed by atoms with E-state index < -0.39 is 0 Å². The van der Waals surface area contributed by atoms with Gasteiger partial charge in [-0.1, -0.05) is 32.3 Å². The summed E-state index contributed by atoms with van der Waals surface area (Å²) >= 11 is 9.51. The Hall–Kier alpha value is -2.24. The predicted molar refractivity (Wildman–Crippen MR) is 102 cm³/mol. The van der Waals surface area contributed by atoms with Gasteiger partial charge in [0.05, 0.1) is 0 Å². The van der Waals surface area contributed by atoms with Gasteiger partial charge in [-0.25, -0.2) is 0 Å². The molecule has 0 radical (unpaired) electrons. The molecule has 0 aliphatic heterocycles. The van der Waals surface area contributed by atoms with Gasteiger partial charge in [0.15, 0.2) is 0 Å². The third kappa shape index (κ3) is 2.94. The quantitative estimate of drug-likeness (QED) is 0.445. The zero-order chi connectivity index (χ0) is 17.6. The third-order valence-corrected chi connectivity index (χ3v) is 4.79. The summed E-state index contributed by atoms with van der Waals surface area (Å²) < 4.78 is 3.06. The average molecular weight is 415 g/mol.